The quantitative estimate of drug-likeness (QED) is 0.253. The molecule has 3 rings (SSSR count). The van der Waals surface area contributed by atoms with E-state index in [4.69, 9.17) is 10.00 Å². The van der Waals surface area contributed by atoms with Crippen LogP contribution in [-0.2, 0) is 0 Å². The minimum atomic E-state index is 0.476. The number of hydrogen-bond donors (Lipinski definition) is 0. The summed E-state index contributed by atoms with van der Waals surface area (Å²) in [6, 6.07) is 27.4. The minimum absolute atomic E-state index is 0.476. The number of nitriles is 1. The van der Waals surface area contributed by atoms with E-state index in [9.17, 15) is 0 Å². The van der Waals surface area contributed by atoms with E-state index < -0.39 is 0 Å². The summed E-state index contributed by atoms with van der Waals surface area (Å²) in [6.07, 6.45) is 1.85. The van der Waals surface area contributed by atoms with Gasteiger partial charge in [-0.05, 0) is 65.4 Å². The van der Waals surface area contributed by atoms with Crippen molar-refractivity contribution in [1.82, 2.24) is 0 Å². The lowest BCUT2D eigenvalue weighted by molar-refractivity contribution is 0.556. The molecule has 0 aliphatic rings. The Bertz CT molecular complexity index is 1020. The molecule has 4 heteroatoms. The molecule has 3 aromatic rings. The van der Waals surface area contributed by atoms with E-state index >= 15 is 0 Å². The zero-order valence-electron chi connectivity index (χ0n) is 16.4. The molecule has 0 N–H and O–H groups in total. The molecular weight excluding hydrogens is 376 g/mol. The van der Waals surface area contributed by atoms with E-state index in [2.05, 4.69) is 49.2 Å². The van der Waals surface area contributed by atoms with Gasteiger partial charge in [-0.1, -0.05) is 55.9 Å². The highest BCUT2D eigenvalue weighted by molar-refractivity contribution is 8.02. The van der Waals surface area contributed by atoms with E-state index in [1.165, 1.54) is 5.56 Å². The van der Waals surface area contributed by atoms with Crippen molar-refractivity contribution in [2.24, 2.45) is 4.99 Å². The number of ether oxygens (including phenoxy) is 1. The van der Waals surface area contributed by atoms with E-state index in [-0.39, 0.29) is 0 Å². The van der Waals surface area contributed by atoms with Gasteiger partial charge in [0, 0.05) is 11.0 Å². The first-order valence-corrected chi connectivity index (χ1v) is 10.3. The highest BCUT2D eigenvalue weighted by Crippen LogP contribution is 2.22. The van der Waals surface area contributed by atoms with Crippen LogP contribution in [0.4, 0.5) is 5.69 Å². The summed E-state index contributed by atoms with van der Waals surface area (Å²) in [5.41, 5.74) is 2.69. The van der Waals surface area contributed by atoms with Crippen LogP contribution in [0.5, 0.6) is 5.75 Å². The van der Waals surface area contributed by atoms with Crippen molar-refractivity contribution < 1.29 is 4.74 Å². The van der Waals surface area contributed by atoms with Gasteiger partial charge in [-0.3, -0.25) is 0 Å². The molecule has 0 radical (unpaired) electrons. The number of benzene rings is 3. The summed E-state index contributed by atoms with van der Waals surface area (Å²) >= 11 is 1.60. The highest BCUT2D eigenvalue weighted by Gasteiger charge is 2.03. The number of rotatable bonds is 6. The fraction of sp³-hybridized carbons (Fsp3) is 0.120. The standard InChI is InChI=1S/C25H22N2OS/c1-19(2)21-10-12-22(13-11-21)27-25(16-17-29-24-6-4-3-5-7-24)28-23-14-8-20(18-26)9-15-23/h3-17,19H,1-2H3. The lowest BCUT2D eigenvalue weighted by Gasteiger charge is -2.07. The van der Waals surface area contributed by atoms with Crippen LogP contribution >= 0.6 is 11.8 Å². The Morgan fingerprint density at radius 1 is 0.966 bits per heavy atom. The monoisotopic (exact) mass is 398 g/mol. The summed E-state index contributed by atoms with van der Waals surface area (Å²) < 4.78 is 5.97. The maximum absolute atomic E-state index is 8.96. The third kappa shape index (κ3) is 6.38. The third-order valence-corrected chi connectivity index (χ3v) is 4.98. The van der Waals surface area contributed by atoms with Gasteiger partial charge in [-0.15, -0.1) is 0 Å². The number of aliphatic imine (C=N–C) groups is 1. The van der Waals surface area contributed by atoms with Crippen LogP contribution in [0.15, 0.2) is 100 Å². The van der Waals surface area contributed by atoms with Crippen molar-refractivity contribution in [2.75, 3.05) is 0 Å². The molecule has 0 bridgehead atoms. The largest absolute Gasteiger partial charge is 0.439 e. The molecule has 0 spiro atoms. The van der Waals surface area contributed by atoms with E-state index in [0.29, 0.717) is 23.1 Å². The molecule has 0 amide bonds. The van der Waals surface area contributed by atoms with E-state index in [1.54, 1.807) is 36.0 Å². The van der Waals surface area contributed by atoms with Gasteiger partial charge in [0.1, 0.15) is 5.75 Å². The maximum Gasteiger partial charge on any atom is 0.220 e. The minimum Gasteiger partial charge on any atom is -0.439 e. The van der Waals surface area contributed by atoms with Gasteiger partial charge in [0.2, 0.25) is 5.90 Å². The van der Waals surface area contributed by atoms with Crippen molar-refractivity contribution >= 4 is 23.3 Å². The molecule has 0 atom stereocenters. The molecule has 144 valence electrons. The van der Waals surface area contributed by atoms with Gasteiger partial charge < -0.3 is 4.74 Å². The molecule has 0 aliphatic heterocycles. The van der Waals surface area contributed by atoms with Crippen molar-refractivity contribution in [3.05, 3.63) is 101 Å². The first-order valence-electron chi connectivity index (χ1n) is 9.39. The summed E-state index contributed by atoms with van der Waals surface area (Å²) in [7, 11) is 0. The Labute approximate surface area is 176 Å². The maximum atomic E-state index is 8.96. The topological polar surface area (TPSA) is 45.4 Å². The number of nitrogens with zero attached hydrogens (tertiary/aromatic N) is 2. The van der Waals surface area contributed by atoms with Crippen LogP contribution < -0.4 is 4.74 Å². The van der Waals surface area contributed by atoms with Crippen LogP contribution in [0.2, 0.25) is 0 Å². The van der Waals surface area contributed by atoms with Gasteiger partial charge in [-0.2, -0.15) is 5.26 Å². The van der Waals surface area contributed by atoms with Crippen LogP contribution in [0.1, 0.15) is 30.9 Å². The molecule has 0 unspecified atom stereocenters. The van der Waals surface area contributed by atoms with Gasteiger partial charge in [0.05, 0.1) is 17.3 Å². The first kappa shape index (κ1) is 20.4. The summed E-state index contributed by atoms with van der Waals surface area (Å²) in [4.78, 5) is 5.80. The van der Waals surface area contributed by atoms with E-state index in [0.717, 1.165) is 10.6 Å². The Morgan fingerprint density at radius 3 is 2.28 bits per heavy atom. The van der Waals surface area contributed by atoms with Gasteiger partial charge in [0.25, 0.3) is 0 Å². The SMILES string of the molecule is CC(C)c1ccc(N=C(C=CSc2ccccc2)Oc2ccc(C#N)cc2)cc1. The number of thioether (sulfide) groups is 1. The molecule has 0 saturated carbocycles. The molecule has 0 aliphatic carbocycles. The summed E-state index contributed by atoms with van der Waals surface area (Å²) in [5.74, 6) is 1.59. The third-order valence-electron chi connectivity index (χ3n) is 4.16. The molecule has 29 heavy (non-hydrogen) atoms. The Balaban J connectivity index is 1.82. The molecule has 0 saturated heterocycles. The first-order chi connectivity index (χ1) is 14.1. The van der Waals surface area contributed by atoms with Crippen molar-refractivity contribution in [2.45, 2.75) is 24.7 Å². The predicted molar refractivity (Wildman–Crippen MR) is 121 cm³/mol. The smallest absolute Gasteiger partial charge is 0.220 e. The second-order valence-corrected chi connectivity index (χ2v) is 7.65. The molecule has 0 fully saturated rings. The van der Waals surface area contributed by atoms with Crippen LogP contribution in [0.25, 0.3) is 0 Å². The predicted octanol–water partition coefficient (Wildman–Crippen LogP) is 7.10. The van der Waals surface area contributed by atoms with Crippen molar-refractivity contribution in [1.29, 1.82) is 5.26 Å². The molecule has 3 nitrogen and oxygen atoms in total. The van der Waals surface area contributed by atoms with Gasteiger partial charge in [-0.25, -0.2) is 4.99 Å². The van der Waals surface area contributed by atoms with Crippen LogP contribution in [-0.4, -0.2) is 5.90 Å². The van der Waals surface area contributed by atoms with Gasteiger partial charge >= 0.3 is 0 Å². The van der Waals surface area contributed by atoms with Crippen LogP contribution in [0.3, 0.4) is 0 Å². The average Bonchev–Trinajstić information content (AvgIpc) is 2.75. The molecule has 0 heterocycles. The highest BCUT2D eigenvalue weighted by atomic mass is 32.2. The summed E-state index contributed by atoms with van der Waals surface area (Å²) in [5, 5.41) is 10.9. The second kappa shape index (κ2) is 10.3. The van der Waals surface area contributed by atoms with Gasteiger partial charge in [0.15, 0.2) is 0 Å². The lowest BCUT2D eigenvalue weighted by Crippen LogP contribution is -2.04. The number of hydrogen-bond acceptors (Lipinski definition) is 4. The zero-order valence-corrected chi connectivity index (χ0v) is 17.3. The lowest BCUT2D eigenvalue weighted by atomic mass is 10.0. The summed E-state index contributed by atoms with van der Waals surface area (Å²) in [6.45, 7) is 4.34. The second-order valence-electron chi connectivity index (χ2n) is 6.67. The Morgan fingerprint density at radius 2 is 1.66 bits per heavy atom. The average molecular weight is 399 g/mol. The Kier molecular flexibility index (Phi) is 7.27. The molecule has 0 aromatic heterocycles. The fourth-order valence-corrected chi connectivity index (χ4v) is 3.20. The Hall–Kier alpha value is -3.29. The normalized spacial score (nSPS) is 11.6. The fourth-order valence-electron chi connectivity index (χ4n) is 2.54. The zero-order chi connectivity index (χ0) is 20.5. The molecule has 3 aromatic carbocycles. The van der Waals surface area contributed by atoms with Crippen molar-refractivity contribution in [3.8, 4) is 11.8 Å². The van der Waals surface area contributed by atoms with Crippen molar-refractivity contribution in [3.63, 3.8) is 0 Å². The van der Waals surface area contributed by atoms with E-state index in [1.807, 2.05) is 41.8 Å². The molecular formula is C25H22N2OS. The van der Waals surface area contributed by atoms with Crippen LogP contribution in [0, 0.1) is 11.3 Å².